The second-order valence-corrected chi connectivity index (χ2v) is 5.99. The summed E-state index contributed by atoms with van der Waals surface area (Å²) in [7, 11) is 1.32. The lowest BCUT2D eigenvalue weighted by Crippen LogP contribution is -2.29. The van der Waals surface area contributed by atoms with Gasteiger partial charge in [-0.2, -0.15) is 0 Å². The molecule has 26 heavy (non-hydrogen) atoms. The summed E-state index contributed by atoms with van der Waals surface area (Å²) in [6.07, 6.45) is -0.0357. The highest BCUT2D eigenvalue weighted by Gasteiger charge is 2.13. The predicted molar refractivity (Wildman–Crippen MR) is 100 cm³/mol. The molecule has 0 aliphatic rings. The Kier molecular flexibility index (Phi) is 7.02. The van der Waals surface area contributed by atoms with Crippen molar-refractivity contribution in [3.63, 3.8) is 0 Å². The number of carbonyl (C=O) groups is 2. The number of hydrogen-bond donors (Lipinski definition) is 2. The van der Waals surface area contributed by atoms with Gasteiger partial charge in [-0.3, -0.25) is 4.79 Å². The van der Waals surface area contributed by atoms with Crippen LogP contribution < -0.4 is 15.4 Å². The van der Waals surface area contributed by atoms with Crippen LogP contribution in [0, 0.1) is 0 Å². The summed E-state index contributed by atoms with van der Waals surface area (Å²) >= 11 is 0. The van der Waals surface area contributed by atoms with Crippen LogP contribution in [0.15, 0.2) is 48.5 Å². The molecule has 2 rings (SSSR count). The summed E-state index contributed by atoms with van der Waals surface area (Å²) in [4.78, 5) is 23.8. The Morgan fingerprint density at radius 2 is 1.81 bits per heavy atom. The van der Waals surface area contributed by atoms with Gasteiger partial charge in [0.2, 0.25) is 5.91 Å². The van der Waals surface area contributed by atoms with Gasteiger partial charge in [0.25, 0.3) is 0 Å². The fourth-order valence-electron chi connectivity index (χ4n) is 2.30. The zero-order valence-corrected chi connectivity index (χ0v) is 15.2. The molecule has 0 bridgehead atoms. The van der Waals surface area contributed by atoms with Gasteiger partial charge in [-0.15, -0.1) is 0 Å². The van der Waals surface area contributed by atoms with Gasteiger partial charge in [0.15, 0.2) is 0 Å². The van der Waals surface area contributed by atoms with Crippen molar-refractivity contribution < 1.29 is 19.1 Å². The standard InChI is InChI=1S/C20H24N2O4/c1-14(2)26-18-10-9-16(20(24)25-3)11-17(18)21-13-19(23)22-12-15-7-5-4-6-8-15/h4-11,14,21H,12-13H2,1-3H3,(H,22,23). The van der Waals surface area contributed by atoms with E-state index in [0.29, 0.717) is 23.5 Å². The van der Waals surface area contributed by atoms with E-state index in [2.05, 4.69) is 10.6 Å². The third-order valence-electron chi connectivity index (χ3n) is 3.54. The Balaban J connectivity index is 2.01. The highest BCUT2D eigenvalue weighted by Crippen LogP contribution is 2.27. The molecule has 6 nitrogen and oxygen atoms in total. The zero-order chi connectivity index (χ0) is 18.9. The van der Waals surface area contributed by atoms with Crippen molar-refractivity contribution in [3.05, 3.63) is 59.7 Å². The van der Waals surface area contributed by atoms with Crippen LogP contribution in [-0.2, 0) is 16.1 Å². The Bertz CT molecular complexity index is 745. The highest BCUT2D eigenvalue weighted by atomic mass is 16.5. The van der Waals surface area contributed by atoms with E-state index in [0.717, 1.165) is 5.56 Å². The molecule has 0 saturated carbocycles. The van der Waals surface area contributed by atoms with Crippen LogP contribution in [0.3, 0.4) is 0 Å². The van der Waals surface area contributed by atoms with Crippen molar-refractivity contribution in [2.45, 2.75) is 26.5 Å². The van der Waals surface area contributed by atoms with Gasteiger partial charge in [0.1, 0.15) is 5.75 Å². The predicted octanol–water partition coefficient (Wildman–Crippen LogP) is 2.99. The lowest BCUT2D eigenvalue weighted by Gasteiger charge is -2.16. The number of rotatable bonds is 8. The molecule has 138 valence electrons. The van der Waals surface area contributed by atoms with Crippen molar-refractivity contribution in [1.29, 1.82) is 0 Å². The molecule has 2 N–H and O–H groups in total. The molecule has 0 radical (unpaired) electrons. The summed E-state index contributed by atoms with van der Waals surface area (Å²) in [5, 5.41) is 5.87. The summed E-state index contributed by atoms with van der Waals surface area (Å²) < 4.78 is 10.5. The van der Waals surface area contributed by atoms with Crippen LogP contribution >= 0.6 is 0 Å². The first-order chi connectivity index (χ1) is 12.5. The maximum atomic E-state index is 12.1. The molecule has 2 aromatic carbocycles. The fraction of sp³-hybridized carbons (Fsp3) is 0.300. The quantitative estimate of drug-likeness (QED) is 0.711. The van der Waals surface area contributed by atoms with E-state index in [1.54, 1.807) is 18.2 Å². The molecule has 0 unspecified atom stereocenters. The van der Waals surface area contributed by atoms with Crippen LogP contribution in [0.25, 0.3) is 0 Å². The van der Waals surface area contributed by atoms with Crippen molar-refractivity contribution in [3.8, 4) is 5.75 Å². The van der Waals surface area contributed by atoms with Gasteiger partial charge in [-0.25, -0.2) is 4.79 Å². The molecule has 2 aromatic rings. The minimum atomic E-state index is -0.447. The smallest absolute Gasteiger partial charge is 0.337 e. The summed E-state index contributed by atoms with van der Waals surface area (Å²) in [6, 6.07) is 14.6. The molecule has 1 amide bonds. The summed E-state index contributed by atoms with van der Waals surface area (Å²) in [5.74, 6) is -0.0333. The lowest BCUT2D eigenvalue weighted by atomic mass is 10.2. The van der Waals surface area contributed by atoms with Crippen molar-refractivity contribution in [2.75, 3.05) is 19.0 Å². The van der Waals surface area contributed by atoms with Crippen LogP contribution in [0.5, 0.6) is 5.75 Å². The molecule has 6 heteroatoms. The monoisotopic (exact) mass is 356 g/mol. The van der Waals surface area contributed by atoms with Gasteiger partial charge in [-0.05, 0) is 37.6 Å². The van der Waals surface area contributed by atoms with E-state index >= 15 is 0 Å². The minimum absolute atomic E-state index is 0.0357. The molecule has 0 fully saturated rings. The maximum absolute atomic E-state index is 12.1. The Labute approximate surface area is 153 Å². The molecule has 0 aromatic heterocycles. The van der Waals surface area contributed by atoms with Gasteiger partial charge >= 0.3 is 5.97 Å². The first kappa shape index (κ1) is 19.3. The van der Waals surface area contributed by atoms with Gasteiger partial charge < -0.3 is 20.1 Å². The number of esters is 1. The number of hydrogen-bond acceptors (Lipinski definition) is 5. The van der Waals surface area contributed by atoms with E-state index in [-0.39, 0.29) is 18.6 Å². The molecular weight excluding hydrogens is 332 g/mol. The van der Waals surface area contributed by atoms with Gasteiger partial charge in [0.05, 0.1) is 31.0 Å². The Morgan fingerprint density at radius 3 is 2.46 bits per heavy atom. The maximum Gasteiger partial charge on any atom is 0.337 e. The first-order valence-corrected chi connectivity index (χ1v) is 8.43. The Morgan fingerprint density at radius 1 is 1.08 bits per heavy atom. The van der Waals surface area contributed by atoms with E-state index in [4.69, 9.17) is 9.47 Å². The van der Waals surface area contributed by atoms with Crippen molar-refractivity contribution in [1.82, 2.24) is 5.32 Å². The topological polar surface area (TPSA) is 76.7 Å². The number of anilines is 1. The fourth-order valence-corrected chi connectivity index (χ4v) is 2.30. The Hall–Kier alpha value is -3.02. The molecule has 0 atom stereocenters. The highest BCUT2D eigenvalue weighted by molar-refractivity contribution is 5.91. The zero-order valence-electron chi connectivity index (χ0n) is 15.2. The lowest BCUT2D eigenvalue weighted by molar-refractivity contribution is -0.119. The largest absolute Gasteiger partial charge is 0.489 e. The SMILES string of the molecule is COC(=O)c1ccc(OC(C)C)c(NCC(=O)NCc2ccccc2)c1. The van der Waals surface area contributed by atoms with Crippen LogP contribution in [0.4, 0.5) is 5.69 Å². The van der Waals surface area contributed by atoms with E-state index in [1.165, 1.54) is 7.11 Å². The molecule has 0 spiro atoms. The normalized spacial score (nSPS) is 10.3. The minimum Gasteiger partial charge on any atom is -0.489 e. The number of nitrogens with one attached hydrogen (secondary N) is 2. The number of carbonyl (C=O) groups excluding carboxylic acids is 2. The molecule has 0 heterocycles. The van der Waals surface area contributed by atoms with Crippen molar-refractivity contribution >= 4 is 17.6 Å². The summed E-state index contributed by atoms with van der Waals surface area (Å²) in [6.45, 7) is 4.33. The average molecular weight is 356 g/mol. The van der Waals surface area contributed by atoms with Gasteiger partial charge in [0, 0.05) is 6.54 Å². The summed E-state index contributed by atoms with van der Waals surface area (Å²) in [5.41, 5.74) is 1.98. The molecule has 0 aliphatic heterocycles. The second-order valence-electron chi connectivity index (χ2n) is 5.99. The second kappa shape index (κ2) is 9.46. The average Bonchev–Trinajstić information content (AvgIpc) is 2.65. The first-order valence-electron chi connectivity index (χ1n) is 8.43. The van der Waals surface area contributed by atoms with Crippen molar-refractivity contribution in [2.24, 2.45) is 0 Å². The van der Waals surface area contributed by atoms with Gasteiger partial charge in [-0.1, -0.05) is 30.3 Å². The van der Waals surface area contributed by atoms with E-state index < -0.39 is 5.97 Å². The number of methoxy groups -OCH3 is 1. The van der Waals surface area contributed by atoms with Crippen LogP contribution in [0.2, 0.25) is 0 Å². The molecular formula is C20H24N2O4. The third kappa shape index (κ3) is 5.81. The number of benzene rings is 2. The molecule has 0 saturated heterocycles. The van der Waals surface area contributed by atoms with E-state index in [9.17, 15) is 9.59 Å². The molecule has 0 aliphatic carbocycles. The number of ether oxygens (including phenoxy) is 2. The van der Waals surface area contributed by atoms with Crippen LogP contribution in [0.1, 0.15) is 29.8 Å². The van der Waals surface area contributed by atoms with E-state index in [1.807, 2.05) is 44.2 Å². The van der Waals surface area contributed by atoms with Crippen LogP contribution in [-0.4, -0.2) is 31.6 Å². The third-order valence-corrected chi connectivity index (χ3v) is 3.54. The number of amides is 1.